The first-order valence-corrected chi connectivity index (χ1v) is 6.10. The topological polar surface area (TPSA) is 75.8 Å². The highest BCUT2D eigenvalue weighted by Gasteiger charge is 2.37. The van der Waals surface area contributed by atoms with Crippen molar-refractivity contribution in [2.24, 2.45) is 11.7 Å². The summed E-state index contributed by atoms with van der Waals surface area (Å²) in [6, 6.07) is -0.483. The summed E-state index contributed by atoms with van der Waals surface area (Å²) in [5, 5.41) is 9.18. The lowest BCUT2D eigenvalue weighted by Gasteiger charge is -2.43. The average molecular weight is 244 g/mol. The van der Waals surface area contributed by atoms with E-state index in [9.17, 15) is 9.90 Å². The smallest absolute Gasteiger partial charge is 0.239 e. The number of nitrogens with two attached hydrogens (primary N) is 1. The quantitative estimate of drug-likeness (QED) is 0.731. The summed E-state index contributed by atoms with van der Waals surface area (Å²) in [6.45, 7) is 8.54. The van der Waals surface area contributed by atoms with Crippen molar-refractivity contribution in [1.82, 2.24) is 4.90 Å². The van der Waals surface area contributed by atoms with Gasteiger partial charge in [-0.3, -0.25) is 4.79 Å². The third-order valence-electron chi connectivity index (χ3n) is 3.00. The maximum absolute atomic E-state index is 12.2. The number of hydrogen-bond donors (Lipinski definition) is 2. The molecular formula is C12H24N2O3. The molecule has 100 valence electrons. The Hall–Kier alpha value is -0.650. The fraction of sp³-hybridized carbons (Fsp3) is 0.917. The van der Waals surface area contributed by atoms with Gasteiger partial charge >= 0.3 is 0 Å². The number of nitrogens with zero attached hydrogens (tertiary/aromatic N) is 1. The van der Waals surface area contributed by atoms with Crippen LogP contribution in [0.25, 0.3) is 0 Å². The van der Waals surface area contributed by atoms with E-state index >= 15 is 0 Å². The second kappa shape index (κ2) is 5.33. The molecule has 3 N–H and O–H groups in total. The van der Waals surface area contributed by atoms with E-state index in [4.69, 9.17) is 10.5 Å². The molecule has 2 atom stereocenters. The van der Waals surface area contributed by atoms with Gasteiger partial charge in [0.15, 0.2) is 0 Å². The number of ether oxygens (including phenoxy) is 1. The zero-order valence-corrected chi connectivity index (χ0v) is 11.1. The van der Waals surface area contributed by atoms with Crippen LogP contribution in [0.15, 0.2) is 0 Å². The second-order valence-corrected chi connectivity index (χ2v) is 5.67. The maximum atomic E-state index is 12.2. The highest BCUT2D eigenvalue weighted by atomic mass is 16.5. The summed E-state index contributed by atoms with van der Waals surface area (Å²) >= 11 is 0. The van der Waals surface area contributed by atoms with Gasteiger partial charge in [0.25, 0.3) is 0 Å². The number of morpholine rings is 1. The number of hydrogen-bond acceptors (Lipinski definition) is 4. The number of amides is 1. The molecule has 1 aliphatic rings. The minimum Gasteiger partial charge on any atom is -0.394 e. The Morgan fingerprint density at radius 1 is 1.59 bits per heavy atom. The first-order valence-electron chi connectivity index (χ1n) is 6.10. The molecule has 5 nitrogen and oxygen atoms in total. The Morgan fingerprint density at radius 3 is 2.65 bits per heavy atom. The van der Waals surface area contributed by atoms with Crippen LogP contribution in [0.1, 0.15) is 27.7 Å². The molecule has 17 heavy (non-hydrogen) atoms. The van der Waals surface area contributed by atoms with E-state index in [-0.39, 0.29) is 24.5 Å². The van der Waals surface area contributed by atoms with E-state index in [1.165, 1.54) is 0 Å². The largest absolute Gasteiger partial charge is 0.394 e. The van der Waals surface area contributed by atoms with Crippen molar-refractivity contribution in [3.05, 3.63) is 0 Å². The molecule has 0 spiro atoms. The molecule has 1 heterocycles. The highest BCUT2D eigenvalue weighted by Crippen LogP contribution is 2.21. The number of aliphatic hydroxyl groups excluding tert-OH is 1. The summed E-state index contributed by atoms with van der Waals surface area (Å²) in [4.78, 5) is 13.9. The predicted octanol–water partition coefficient (Wildman–Crippen LogP) is -0.0320. The Bertz CT molecular complexity index is 279. The summed E-state index contributed by atoms with van der Waals surface area (Å²) in [7, 11) is 0. The van der Waals surface area contributed by atoms with Crippen molar-refractivity contribution in [3.8, 4) is 0 Å². The minimum absolute atomic E-state index is 0.0603. The van der Waals surface area contributed by atoms with Crippen LogP contribution in [0.2, 0.25) is 0 Å². The average Bonchev–Trinajstić information content (AvgIpc) is 2.24. The molecule has 0 bridgehead atoms. The molecule has 0 saturated carbocycles. The zero-order valence-electron chi connectivity index (χ0n) is 11.1. The lowest BCUT2D eigenvalue weighted by atomic mass is 10.0. The fourth-order valence-electron chi connectivity index (χ4n) is 2.05. The molecule has 1 saturated heterocycles. The fourth-order valence-corrected chi connectivity index (χ4v) is 2.05. The predicted molar refractivity (Wildman–Crippen MR) is 65.4 cm³/mol. The number of rotatable bonds is 3. The molecule has 1 amide bonds. The molecule has 1 unspecified atom stereocenters. The lowest BCUT2D eigenvalue weighted by molar-refractivity contribution is -0.168. The van der Waals surface area contributed by atoms with E-state index < -0.39 is 11.6 Å². The molecule has 1 rings (SSSR count). The van der Waals surface area contributed by atoms with Crippen LogP contribution in [0, 0.1) is 5.92 Å². The van der Waals surface area contributed by atoms with E-state index in [0.717, 1.165) is 0 Å². The molecule has 1 fully saturated rings. The first kappa shape index (κ1) is 14.4. The van der Waals surface area contributed by atoms with Crippen LogP contribution in [-0.2, 0) is 9.53 Å². The standard InChI is InChI=1S/C12H24N2O3/c1-8(2)10(13)11(16)14-5-9(6-15)17-12(3,4)7-14/h8-10,15H,5-7,13H2,1-4H3/t9?,10-/m1/s1. The summed E-state index contributed by atoms with van der Waals surface area (Å²) in [6.07, 6.45) is -0.318. The van der Waals surface area contributed by atoms with Gasteiger partial charge in [-0.15, -0.1) is 0 Å². The van der Waals surface area contributed by atoms with Gasteiger partial charge in [0.2, 0.25) is 5.91 Å². The molecule has 0 radical (unpaired) electrons. The van der Waals surface area contributed by atoms with Crippen LogP contribution in [0.4, 0.5) is 0 Å². The van der Waals surface area contributed by atoms with Crippen LogP contribution in [0.5, 0.6) is 0 Å². The third kappa shape index (κ3) is 3.66. The molecule has 0 aliphatic carbocycles. The Balaban J connectivity index is 2.73. The van der Waals surface area contributed by atoms with Crippen molar-refractivity contribution >= 4 is 5.91 Å². The van der Waals surface area contributed by atoms with Crippen molar-refractivity contribution in [1.29, 1.82) is 0 Å². The number of aliphatic hydroxyl groups is 1. The van der Waals surface area contributed by atoms with Gasteiger partial charge in [-0.1, -0.05) is 13.8 Å². The SMILES string of the molecule is CC(C)[C@@H](N)C(=O)N1CC(CO)OC(C)(C)C1. The van der Waals surface area contributed by atoms with E-state index in [1.807, 2.05) is 27.7 Å². The van der Waals surface area contributed by atoms with Gasteiger partial charge in [-0.2, -0.15) is 0 Å². The molecular weight excluding hydrogens is 220 g/mol. The molecule has 0 aromatic rings. The number of carbonyl (C=O) groups excluding carboxylic acids is 1. The normalized spacial score (nSPS) is 26.1. The van der Waals surface area contributed by atoms with Gasteiger partial charge in [0, 0.05) is 13.1 Å². The van der Waals surface area contributed by atoms with Gasteiger partial charge in [0.1, 0.15) is 0 Å². The van der Waals surface area contributed by atoms with Gasteiger partial charge in [-0.25, -0.2) is 0 Å². The molecule has 0 aromatic carbocycles. The molecule has 0 aromatic heterocycles. The second-order valence-electron chi connectivity index (χ2n) is 5.67. The van der Waals surface area contributed by atoms with E-state index in [0.29, 0.717) is 13.1 Å². The monoisotopic (exact) mass is 244 g/mol. The van der Waals surface area contributed by atoms with Crippen LogP contribution in [0.3, 0.4) is 0 Å². The van der Waals surface area contributed by atoms with Crippen LogP contribution < -0.4 is 5.73 Å². The van der Waals surface area contributed by atoms with Gasteiger partial charge < -0.3 is 20.5 Å². The highest BCUT2D eigenvalue weighted by molar-refractivity contribution is 5.82. The third-order valence-corrected chi connectivity index (χ3v) is 3.00. The van der Waals surface area contributed by atoms with Crippen LogP contribution in [-0.4, -0.2) is 53.4 Å². The summed E-state index contributed by atoms with van der Waals surface area (Å²) in [5.41, 5.74) is 5.44. The summed E-state index contributed by atoms with van der Waals surface area (Å²) in [5.74, 6) is 0.0517. The van der Waals surface area contributed by atoms with Crippen molar-refractivity contribution < 1.29 is 14.6 Å². The van der Waals surface area contributed by atoms with E-state index in [1.54, 1.807) is 4.90 Å². The van der Waals surface area contributed by atoms with Gasteiger partial charge in [0.05, 0.1) is 24.4 Å². The Labute approximate surface area is 103 Å². The lowest BCUT2D eigenvalue weighted by Crippen LogP contribution is -2.59. The Morgan fingerprint density at radius 2 is 2.18 bits per heavy atom. The van der Waals surface area contributed by atoms with Crippen LogP contribution >= 0.6 is 0 Å². The van der Waals surface area contributed by atoms with Gasteiger partial charge in [-0.05, 0) is 19.8 Å². The van der Waals surface area contributed by atoms with Crippen molar-refractivity contribution in [2.75, 3.05) is 19.7 Å². The Kier molecular flexibility index (Phi) is 4.52. The minimum atomic E-state index is -0.483. The van der Waals surface area contributed by atoms with E-state index in [2.05, 4.69) is 0 Å². The first-order chi connectivity index (χ1) is 7.76. The number of carbonyl (C=O) groups is 1. The molecule has 1 aliphatic heterocycles. The maximum Gasteiger partial charge on any atom is 0.239 e. The zero-order chi connectivity index (χ0) is 13.2. The van der Waals surface area contributed by atoms with Crippen molar-refractivity contribution in [2.45, 2.75) is 45.4 Å². The summed E-state index contributed by atoms with van der Waals surface area (Å²) < 4.78 is 5.66. The van der Waals surface area contributed by atoms with Crippen molar-refractivity contribution in [3.63, 3.8) is 0 Å². The molecule has 5 heteroatoms.